The first-order valence-electron chi connectivity index (χ1n) is 9.61. The zero-order chi connectivity index (χ0) is 17.2. The van der Waals surface area contributed by atoms with E-state index < -0.39 is 0 Å². The molecule has 2 aliphatic rings. The summed E-state index contributed by atoms with van der Waals surface area (Å²) in [6.07, 6.45) is 4.05. The summed E-state index contributed by atoms with van der Waals surface area (Å²) in [6.45, 7) is 10.4. The summed E-state index contributed by atoms with van der Waals surface area (Å²) in [7, 11) is 0. The van der Waals surface area contributed by atoms with Crippen LogP contribution in [0.15, 0.2) is 18.2 Å². The molecule has 1 aliphatic heterocycles. The molecule has 2 fully saturated rings. The highest BCUT2D eigenvalue weighted by Gasteiger charge is 2.26. The molecule has 1 aromatic carbocycles. The predicted molar refractivity (Wildman–Crippen MR) is 101 cm³/mol. The molecule has 0 radical (unpaired) electrons. The number of aryl methyl sites for hydroxylation is 1. The van der Waals surface area contributed by atoms with Gasteiger partial charge in [0.25, 0.3) is 0 Å². The fourth-order valence-electron chi connectivity index (χ4n) is 3.66. The number of rotatable bonds is 5. The smallest absolute Gasteiger partial charge is 0.226 e. The molecular formula is C20H28N4O. The zero-order valence-electron chi connectivity index (χ0n) is 15.4. The van der Waals surface area contributed by atoms with Crippen molar-refractivity contribution in [3.8, 4) is 5.75 Å². The maximum atomic E-state index is 5.61. The Morgan fingerprint density at radius 3 is 2.80 bits per heavy atom. The van der Waals surface area contributed by atoms with Crippen LogP contribution in [0.3, 0.4) is 0 Å². The number of anilines is 1. The first-order chi connectivity index (χ1) is 12.2. The molecule has 0 amide bonds. The number of ether oxygens (including phenoxy) is 1. The SMILES string of the molecule is CCOc1ccc2nc(N3CCCN(CC4CC4)CC3)nc(C)c2c1. The maximum Gasteiger partial charge on any atom is 0.226 e. The van der Waals surface area contributed by atoms with E-state index in [1.54, 1.807) is 0 Å². The van der Waals surface area contributed by atoms with Gasteiger partial charge in [-0.05, 0) is 63.8 Å². The minimum Gasteiger partial charge on any atom is -0.494 e. The van der Waals surface area contributed by atoms with Crippen molar-refractivity contribution in [1.29, 1.82) is 0 Å². The molecule has 0 unspecified atom stereocenters. The Bertz CT molecular complexity index is 744. The molecule has 5 nitrogen and oxygen atoms in total. The number of fused-ring (bicyclic) bond motifs is 1. The topological polar surface area (TPSA) is 41.5 Å². The molecule has 0 N–H and O–H groups in total. The lowest BCUT2D eigenvalue weighted by atomic mass is 10.2. The van der Waals surface area contributed by atoms with Crippen molar-refractivity contribution in [2.24, 2.45) is 5.92 Å². The van der Waals surface area contributed by atoms with E-state index >= 15 is 0 Å². The summed E-state index contributed by atoms with van der Waals surface area (Å²) in [6, 6.07) is 6.11. The summed E-state index contributed by atoms with van der Waals surface area (Å²) >= 11 is 0. The molecular weight excluding hydrogens is 312 g/mol. The van der Waals surface area contributed by atoms with Gasteiger partial charge in [-0.25, -0.2) is 9.97 Å². The lowest BCUT2D eigenvalue weighted by Gasteiger charge is -2.22. The molecule has 134 valence electrons. The van der Waals surface area contributed by atoms with Crippen LogP contribution in [-0.2, 0) is 0 Å². The molecule has 0 atom stereocenters. The standard InChI is InChI=1S/C20H28N4O/c1-3-25-17-7-8-19-18(13-17)15(2)21-20(22-19)24-10-4-9-23(11-12-24)14-16-5-6-16/h7-8,13,16H,3-6,9-12,14H2,1-2H3. The van der Waals surface area contributed by atoms with Crippen molar-refractivity contribution in [1.82, 2.24) is 14.9 Å². The monoisotopic (exact) mass is 340 g/mol. The molecule has 1 saturated heterocycles. The molecule has 4 rings (SSSR count). The molecule has 0 bridgehead atoms. The van der Waals surface area contributed by atoms with Gasteiger partial charge in [-0.3, -0.25) is 0 Å². The lowest BCUT2D eigenvalue weighted by molar-refractivity contribution is 0.281. The lowest BCUT2D eigenvalue weighted by Crippen LogP contribution is -2.32. The van der Waals surface area contributed by atoms with Crippen molar-refractivity contribution in [2.75, 3.05) is 44.2 Å². The number of benzene rings is 1. The van der Waals surface area contributed by atoms with Crippen LogP contribution in [0.25, 0.3) is 10.9 Å². The second kappa shape index (κ2) is 7.16. The first-order valence-corrected chi connectivity index (χ1v) is 9.61. The third-order valence-corrected chi connectivity index (χ3v) is 5.24. The van der Waals surface area contributed by atoms with E-state index in [1.807, 2.05) is 13.0 Å². The molecule has 1 aromatic heterocycles. The number of hydrogen-bond acceptors (Lipinski definition) is 5. The van der Waals surface area contributed by atoms with Crippen molar-refractivity contribution >= 4 is 16.9 Å². The van der Waals surface area contributed by atoms with Gasteiger partial charge in [0.2, 0.25) is 5.95 Å². The average molecular weight is 340 g/mol. The molecule has 5 heteroatoms. The van der Waals surface area contributed by atoms with E-state index in [0.29, 0.717) is 6.61 Å². The van der Waals surface area contributed by atoms with Crippen LogP contribution in [-0.4, -0.2) is 54.2 Å². The fraction of sp³-hybridized carbons (Fsp3) is 0.600. The molecule has 25 heavy (non-hydrogen) atoms. The van der Waals surface area contributed by atoms with Crippen LogP contribution in [0.2, 0.25) is 0 Å². The first kappa shape index (κ1) is 16.6. The largest absolute Gasteiger partial charge is 0.494 e. The Morgan fingerprint density at radius 1 is 1.12 bits per heavy atom. The Labute approximate surface area is 150 Å². The number of aromatic nitrogens is 2. The third kappa shape index (κ3) is 3.87. The van der Waals surface area contributed by atoms with Crippen molar-refractivity contribution < 1.29 is 4.74 Å². The zero-order valence-corrected chi connectivity index (χ0v) is 15.4. The highest BCUT2D eigenvalue weighted by atomic mass is 16.5. The second-order valence-electron chi connectivity index (χ2n) is 7.31. The number of nitrogens with zero attached hydrogens (tertiary/aromatic N) is 4. The van der Waals surface area contributed by atoms with Crippen molar-refractivity contribution in [3.63, 3.8) is 0 Å². The molecule has 2 heterocycles. The van der Waals surface area contributed by atoms with E-state index in [0.717, 1.165) is 53.8 Å². The molecule has 2 aromatic rings. The van der Waals surface area contributed by atoms with Crippen LogP contribution >= 0.6 is 0 Å². The van der Waals surface area contributed by atoms with Crippen LogP contribution in [0.1, 0.15) is 31.9 Å². The number of hydrogen-bond donors (Lipinski definition) is 0. The quantitative estimate of drug-likeness (QED) is 0.836. The van der Waals surface area contributed by atoms with Crippen LogP contribution < -0.4 is 9.64 Å². The van der Waals surface area contributed by atoms with Gasteiger partial charge in [0.05, 0.1) is 17.8 Å². The van der Waals surface area contributed by atoms with Gasteiger partial charge < -0.3 is 14.5 Å². The van der Waals surface area contributed by atoms with Gasteiger partial charge in [-0.1, -0.05) is 0 Å². The Morgan fingerprint density at radius 2 is 2.00 bits per heavy atom. The van der Waals surface area contributed by atoms with E-state index in [4.69, 9.17) is 14.7 Å². The summed E-state index contributed by atoms with van der Waals surface area (Å²) in [5.74, 6) is 2.73. The van der Waals surface area contributed by atoms with Crippen LogP contribution in [0.5, 0.6) is 5.75 Å². The Kier molecular flexibility index (Phi) is 4.75. The van der Waals surface area contributed by atoms with Gasteiger partial charge in [-0.2, -0.15) is 0 Å². The van der Waals surface area contributed by atoms with Gasteiger partial charge >= 0.3 is 0 Å². The van der Waals surface area contributed by atoms with E-state index in [1.165, 1.54) is 32.4 Å². The summed E-state index contributed by atoms with van der Waals surface area (Å²) in [4.78, 5) is 14.6. The minimum absolute atomic E-state index is 0.675. The van der Waals surface area contributed by atoms with E-state index in [-0.39, 0.29) is 0 Å². The van der Waals surface area contributed by atoms with Gasteiger partial charge in [0, 0.05) is 31.6 Å². The molecule has 1 saturated carbocycles. The summed E-state index contributed by atoms with van der Waals surface area (Å²) in [5.41, 5.74) is 2.03. The highest BCUT2D eigenvalue weighted by molar-refractivity contribution is 5.83. The summed E-state index contributed by atoms with van der Waals surface area (Å²) < 4.78 is 5.61. The van der Waals surface area contributed by atoms with Gasteiger partial charge in [-0.15, -0.1) is 0 Å². The third-order valence-electron chi connectivity index (χ3n) is 5.24. The predicted octanol–water partition coefficient (Wildman–Crippen LogP) is 3.26. The minimum atomic E-state index is 0.675. The molecule has 1 aliphatic carbocycles. The Balaban J connectivity index is 1.53. The van der Waals surface area contributed by atoms with Gasteiger partial charge in [0.15, 0.2) is 0 Å². The average Bonchev–Trinajstić information content (AvgIpc) is 3.43. The fourth-order valence-corrected chi connectivity index (χ4v) is 3.66. The van der Waals surface area contributed by atoms with Crippen LogP contribution in [0.4, 0.5) is 5.95 Å². The van der Waals surface area contributed by atoms with E-state index in [9.17, 15) is 0 Å². The highest BCUT2D eigenvalue weighted by Crippen LogP contribution is 2.30. The van der Waals surface area contributed by atoms with Gasteiger partial charge in [0.1, 0.15) is 5.75 Å². The Hall–Kier alpha value is -1.88. The normalized spacial score (nSPS) is 19.2. The van der Waals surface area contributed by atoms with E-state index in [2.05, 4.69) is 28.9 Å². The molecule has 0 spiro atoms. The maximum absolute atomic E-state index is 5.61. The van der Waals surface area contributed by atoms with Crippen LogP contribution in [0, 0.1) is 12.8 Å². The second-order valence-corrected chi connectivity index (χ2v) is 7.31. The summed E-state index contributed by atoms with van der Waals surface area (Å²) in [5, 5.41) is 1.08. The van der Waals surface area contributed by atoms with Crippen molar-refractivity contribution in [2.45, 2.75) is 33.1 Å². The van der Waals surface area contributed by atoms with Crippen molar-refractivity contribution in [3.05, 3.63) is 23.9 Å².